The van der Waals surface area contributed by atoms with Gasteiger partial charge < -0.3 is 14.5 Å². The predicted octanol–water partition coefficient (Wildman–Crippen LogP) is 3.53. The number of aryl methyl sites for hydroxylation is 1. The average molecular weight is 288 g/mol. The quantitative estimate of drug-likeness (QED) is 0.859. The van der Waals surface area contributed by atoms with E-state index in [0.717, 1.165) is 41.4 Å². The Hall–Kier alpha value is -1.88. The topological polar surface area (TPSA) is 47.1 Å². The first-order chi connectivity index (χ1) is 9.76. The zero-order chi connectivity index (χ0) is 13.9. The molecule has 104 valence electrons. The number of hydrogen-bond acceptors (Lipinski definition) is 4. The van der Waals surface area contributed by atoms with E-state index in [1.54, 1.807) is 0 Å². The summed E-state index contributed by atoms with van der Waals surface area (Å²) in [6, 6.07) is 7.81. The Morgan fingerprint density at radius 2 is 2.00 bits per heavy atom. The molecule has 5 heteroatoms. The molecule has 20 heavy (non-hydrogen) atoms. The molecule has 1 aromatic carbocycles. The number of fused-ring (bicyclic) bond motifs is 1. The normalized spacial score (nSPS) is 13.8. The first kappa shape index (κ1) is 13.1. The van der Waals surface area contributed by atoms with Crippen molar-refractivity contribution in [1.29, 1.82) is 0 Å². The van der Waals surface area contributed by atoms with Gasteiger partial charge in [-0.1, -0.05) is 19.1 Å². The lowest BCUT2D eigenvalue weighted by Crippen LogP contribution is -1.97. The smallest absolute Gasteiger partial charge is 0.161 e. The number of benzene rings is 1. The minimum absolute atomic E-state index is 0.600. The van der Waals surface area contributed by atoms with Crippen molar-refractivity contribution in [2.45, 2.75) is 19.8 Å². The van der Waals surface area contributed by atoms with E-state index < -0.39 is 0 Å². The summed E-state index contributed by atoms with van der Waals surface area (Å²) in [6.07, 6.45) is 1.73. The Morgan fingerprint density at radius 3 is 2.80 bits per heavy atom. The summed E-state index contributed by atoms with van der Waals surface area (Å²) in [4.78, 5) is 7.58. The van der Waals surface area contributed by atoms with Gasteiger partial charge in [0, 0.05) is 24.1 Å². The fourth-order valence-electron chi connectivity index (χ4n) is 2.16. The van der Waals surface area contributed by atoms with E-state index in [0.29, 0.717) is 17.9 Å². The van der Waals surface area contributed by atoms with Gasteiger partial charge >= 0.3 is 0 Å². The highest BCUT2D eigenvalue weighted by atomic mass is 32.1. The van der Waals surface area contributed by atoms with Crippen LogP contribution in [0, 0.1) is 4.64 Å². The van der Waals surface area contributed by atoms with Crippen LogP contribution in [0.3, 0.4) is 0 Å². The molecule has 0 saturated heterocycles. The number of hydrogen-bond donors (Lipinski definition) is 1. The Morgan fingerprint density at radius 1 is 1.20 bits per heavy atom. The van der Waals surface area contributed by atoms with E-state index in [-0.39, 0.29) is 0 Å². The highest BCUT2D eigenvalue weighted by molar-refractivity contribution is 7.71. The second-order valence-electron chi connectivity index (χ2n) is 4.65. The van der Waals surface area contributed by atoms with Gasteiger partial charge in [0.05, 0.1) is 13.2 Å². The summed E-state index contributed by atoms with van der Waals surface area (Å²) in [5.41, 5.74) is 1.98. The molecule has 0 aliphatic carbocycles. The number of aromatic amines is 1. The van der Waals surface area contributed by atoms with E-state index in [1.807, 2.05) is 31.2 Å². The van der Waals surface area contributed by atoms with E-state index >= 15 is 0 Å². The third-order valence-electron chi connectivity index (χ3n) is 3.19. The summed E-state index contributed by atoms with van der Waals surface area (Å²) >= 11 is 5.21. The van der Waals surface area contributed by atoms with Gasteiger partial charge in [0.1, 0.15) is 10.5 Å². The van der Waals surface area contributed by atoms with Crippen LogP contribution in [0.1, 0.15) is 19.2 Å². The molecule has 0 spiro atoms. The van der Waals surface area contributed by atoms with Gasteiger partial charge in [-0.3, -0.25) is 0 Å². The summed E-state index contributed by atoms with van der Waals surface area (Å²) in [7, 11) is 0. The van der Waals surface area contributed by atoms with Crippen LogP contribution >= 0.6 is 12.2 Å². The Kier molecular flexibility index (Phi) is 3.69. The minimum Gasteiger partial charge on any atom is -0.490 e. The van der Waals surface area contributed by atoms with Crippen molar-refractivity contribution in [2.24, 2.45) is 0 Å². The van der Waals surface area contributed by atoms with Crippen LogP contribution in [0.2, 0.25) is 0 Å². The lowest BCUT2D eigenvalue weighted by molar-refractivity contribution is 0.297. The molecule has 0 unspecified atom stereocenters. The molecular weight excluding hydrogens is 272 g/mol. The maximum Gasteiger partial charge on any atom is 0.161 e. The molecule has 1 N–H and O–H groups in total. The number of nitrogens with one attached hydrogen (secondary N) is 1. The van der Waals surface area contributed by atoms with Crippen LogP contribution < -0.4 is 9.47 Å². The molecule has 0 fully saturated rings. The Balaban J connectivity index is 2.04. The van der Waals surface area contributed by atoms with Gasteiger partial charge in [-0.15, -0.1) is 0 Å². The third-order valence-corrected chi connectivity index (χ3v) is 3.39. The molecule has 1 aliphatic rings. The van der Waals surface area contributed by atoms with E-state index in [9.17, 15) is 0 Å². The van der Waals surface area contributed by atoms with Crippen LogP contribution in [0.5, 0.6) is 11.5 Å². The summed E-state index contributed by atoms with van der Waals surface area (Å²) in [6.45, 7) is 3.43. The number of H-pyrrole nitrogens is 1. The molecule has 4 nitrogen and oxygen atoms in total. The molecule has 0 amide bonds. The molecule has 1 aliphatic heterocycles. The standard InChI is InChI=1S/C15H16N2O2S/c1-2-14-16-11(9-15(20)17-14)10-4-5-12-13(8-10)19-7-3-6-18-12/h4-5,8-9H,2-3,6-7H2,1H3,(H,16,17,20). The highest BCUT2D eigenvalue weighted by Gasteiger charge is 2.12. The van der Waals surface area contributed by atoms with Gasteiger partial charge in [0.25, 0.3) is 0 Å². The van der Waals surface area contributed by atoms with E-state index in [1.165, 1.54) is 0 Å². The molecule has 3 rings (SSSR count). The van der Waals surface area contributed by atoms with Crippen LogP contribution in [-0.2, 0) is 6.42 Å². The van der Waals surface area contributed by atoms with Gasteiger partial charge in [0.2, 0.25) is 0 Å². The third kappa shape index (κ3) is 2.67. The van der Waals surface area contributed by atoms with Crippen molar-refractivity contribution in [2.75, 3.05) is 13.2 Å². The SMILES string of the molecule is CCc1nc(=S)cc(-c2ccc3c(c2)OCCCO3)[nH]1. The van der Waals surface area contributed by atoms with Gasteiger partial charge in [0.15, 0.2) is 11.5 Å². The van der Waals surface area contributed by atoms with Crippen molar-refractivity contribution in [1.82, 2.24) is 9.97 Å². The summed E-state index contributed by atoms with van der Waals surface area (Å²) in [5.74, 6) is 2.48. The molecular formula is C15H16N2O2S. The lowest BCUT2D eigenvalue weighted by Gasteiger charge is -2.10. The monoisotopic (exact) mass is 288 g/mol. The molecule has 2 heterocycles. The fourth-order valence-corrected chi connectivity index (χ4v) is 2.39. The second kappa shape index (κ2) is 5.63. The van der Waals surface area contributed by atoms with Gasteiger partial charge in [-0.2, -0.15) is 0 Å². The van der Waals surface area contributed by atoms with Crippen molar-refractivity contribution < 1.29 is 9.47 Å². The Bertz CT molecular complexity index is 682. The van der Waals surface area contributed by atoms with Crippen molar-refractivity contribution in [3.63, 3.8) is 0 Å². The maximum atomic E-state index is 5.72. The highest BCUT2D eigenvalue weighted by Crippen LogP contribution is 2.33. The first-order valence-electron chi connectivity index (χ1n) is 6.76. The molecule has 1 aromatic heterocycles. The molecule has 0 atom stereocenters. The van der Waals surface area contributed by atoms with Crippen molar-refractivity contribution >= 4 is 12.2 Å². The summed E-state index contributed by atoms with van der Waals surface area (Å²) in [5, 5.41) is 0. The number of nitrogens with zero attached hydrogens (tertiary/aromatic N) is 1. The largest absolute Gasteiger partial charge is 0.490 e. The van der Waals surface area contributed by atoms with Crippen LogP contribution in [0.25, 0.3) is 11.3 Å². The lowest BCUT2D eigenvalue weighted by atomic mass is 10.1. The van der Waals surface area contributed by atoms with Crippen LogP contribution in [0.15, 0.2) is 24.3 Å². The zero-order valence-corrected chi connectivity index (χ0v) is 12.1. The number of aromatic nitrogens is 2. The average Bonchev–Trinajstić information content (AvgIpc) is 2.70. The van der Waals surface area contributed by atoms with E-state index in [2.05, 4.69) is 9.97 Å². The maximum absolute atomic E-state index is 5.72. The van der Waals surface area contributed by atoms with Crippen LogP contribution in [0.4, 0.5) is 0 Å². The van der Waals surface area contributed by atoms with Crippen molar-refractivity contribution in [3.05, 3.63) is 34.7 Å². The summed E-state index contributed by atoms with van der Waals surface area (Å²) < 4.78 is 12.0. The van der Waals surface area contributed by atoms with E-state index in [4.69, 9.17) is 21.7 Å². The fraction of sp³-hybridized carbons (Fsp3) is 0.333. The minimum atomic E-state index is 0.600. The predicted molar refractivity (Wildman–Crippen MR) is 79.8 cm³/mol. The second-order valence-corrected chi connectivity index (χ2v) is 5.06. The molecule has 0 bridgehead atoms. The molecule has 0 radical (unpaired) electrons. The van der Waals surface area contributed by atoms with Gasteiger partial charge in [-0.05, 0) is 24.3 Å². The first-order valence-corrected chi connectivity index (χ1v) is 7.17. The molecule has 0 saturated carbocycles. The van der Waals surface area contributed by atoms with Crippen molar-refractivity contribution in [3.8, 4) is 22.8 Å². The number of ether oxygens (including phenoxy) is 2. The van der Waals surface area contributed by atoms with Crippen LogP contribution in [-0.4, -0.2) is 23.2 Å². The van der Waals surface area contributed by atoms with Gasteiger partial charge in [-0.25, -0.2) is 4.98 Å². The Labute approximate surface area is 122 Å². The number of rotatable bonds is 2. The zero-order valence-electron chi connectivity index (χ0n) is 11.3. The molecule has 2 aromatic rings.